The van der Waals surface area contributed by atoms with Crippen LogP contribution in [0.2, 0.25) is 0 Å². The Kier molecular flexibility index (Phi) is 5.58. The molecule has 1 aromatic rings. The van der Waals surface area contributed by atoms with E-state index >= 15 is 0 Å². The second kappa shape index (κ2) is 7.22. The van der Waals surface area contributed by atoms with E-state index in [4.69, 9.17) is 5.73 Å². The van der Waals surface area contributed by atoms with E-state index < -0.39 is 0 Å². The molecule has 0 aromatic carbocycles. The summed E-state index contributed by atoms with van der Waals surface area (Å²) in [5.41, 5.74) is 6.44. The first-order valence-electron chi connectivity index (χ1n) is 7.79. The Hall–Kier alpha value is -1.14. The number of nitrogens with two attached hydrogens (primary N) is 1. The predicted octanol–water partition coefficient (Wildman–Crippen LogP) is 2.23. The number of aryl methyl sites for hydroxylation is 1. The number of carbonyl (C=O) groups is 1. The third-order valence-electron chi connectivity index (χ3n) is 4.32. The van der Waals surface area contributed by atoms with Crippen molar-refractivity contribution >= 4 is 22.4 Å². The van der Waals surface area contributed by atoms with E-state index in [1.54, 1.807) is 0 Å². The average molecular weight is 310 g/mol. The lowest BCUT2D eigenvalue weighted by Gasteiger charge is -2.34. The van der Waals surface area contributed by atoms with Gasteiger partial charge in [0.05, 0.1) is 5.69 Å². The van der Waals surface area contributed by atoms with Gasteiger partial charge in [-0.3, -0.25) is 4.79 Å². The van der Waals surface area contributed by atoms with Gasteiger partial charge in [0.2, 0.25) is 0 Å². The predicted molar refractivity (Wildman–Crippen MR) is 87.7 cm³/mol. The van der Waals surface area contributed by atoms with Crippen molar-refractivity contribution in [1.82, 2.24) is 14.8 Å². The second-order valence-corrected chi connectivity index (χ2v) is 6.72. The first kappa shape index (κ1) is 16.2. The third kappa shape index (κ3) is 3.95. The Morgan fingerprint density at radius 2 is 2.00 bits per heavy atom. The largest absolute Gasteiger partial charge is 0.375 e. The van der Waals surface area contributed by atoms with Gasteiger partial charge < -0.3 is 15.5 Å². The number of hydrogen-bond acceptors (Lipinski definition) is 5. The summed E-state index contributed by atoms with van der Waals surface area (Å²) in [5.74, 6) is 0.810. The molecule has 0 spiro atoms. The van der Waals surface area contributed by atoms with Crippen molar-refractivity contribution in [2.24, 2.45) is 5.92 Å². The highest BCUT2D eigenvalue weighted by atomic mass is 32.1. The van der Waals surface area contributed by atoms with E-state index in [0.717, 1.165) is 51.3 Å². The summed E-state index contributed by atoms with van der Waals surface area (Å²) in [5, 5.41) is 0.479. The zero-order valence-corrected chi connectivity index (χ0v) is 14.1. The molecular weight excluding hydrogens is 284 g/mol. The van der Waals surface area contributed by atoms with Crippen LogP contribution in [-0.2, 0) is 0 Å². The van der Waals surface area contributed by atoms with Crippen molar-refractivity contribution in [2.75, 3.05) is 38.5 Å². The maximum absolute atomic E-state index is 12.5. The molecule has 6 heteroatoms. The smallest absolute Gasteiger partial charge is 0.265 e. The molecule has 118 valence electrons. The molecule has 0 aliphatic carbocycles. The normalized spacial score (nSPS) is 16.7. The average Bonchev–Trinajstić information content (AvgIpc) is 2.83. The Morgan fingerprint density at radius 1 is 1.38 bits per heavy atom. The highest BCUT2D eigenvalue weighted by Crippen LogP contribution is 2.25. The third-order valence-corrected chi connectivity index (χ3v) is 5.29. The first-order chi connectivity index (χ1) is 10.0. The van der Waals surface area contributed by atoms with Crippen LogP contribution in [0, 0.1) is 12.8 Å². The summed E-state index contributed by atoms with van der Waals surface area (Å²) in [6.07, 6.45) is 2.19. The minimum absolute atomic E-state index is 0.1000. The number of nitrogens with zero attached hydrogens (tertiary/aromatic N) is 3. The van der Waals surface area contributed by atoms with Gasteiger partial charge in [-0.1, -0.05) is 25.2 Å². The lowest BCUT2D eigenvalue weighted by atomic mass is 9.96. The van der Waals surface area contributed by atoms with Crippen LogP contribution >= 0.6 is 11.3 Å². The summed E-state index contributed by atoms with van der Waals surface area (Å²) >= 11 is 1.30. The van der Waals surface area contributed by atoms with E-state index in [0.29, 0.717) is 15.9 Å². The van der Waals surface area contributed by atoms with Crippen LogP contribution in [0.1, 0.15) is 42.1 Å². The van der Waals surface area contributed by atoms with Gasteiger partial charge in [0.15, 0.2) is 5.13 Å². The molecule has 5 nitrogen and oxygen atoms in total. The summed E-state index contributed by atoms with van der Waals surface area (Å²) in [6, 6.07) is 0. The standard InChI is InChI=1S/C15H26N4OS/c1-4-18(5-2)10-12-6-8-19(9-7-12)14(20)13-11(3)17-15(16)21-13/h12H,4-10H2,1-3H3,(H2,16,17). The number of rotatable bonds is 5. The van der Waals surface area contributed by atoms with Gasteiger partial charge in [-0.2, -0.15) is 0 Å². The molecule has 0 unspecified atom stereocenters. The van der Waals surface area contributed by atoms with Crippen LogP contribution in [0.25, 0.3) is 0 Å². The molecule has 1 saturated heterocycles. The van der Waals surface area contributed by atoms with Crippen LogP contribution in [0.4, 0.5) is 5.13 Å². The van der Waals surface area contributed by atoms with Crippen molar-refractivity contribution in [1.29, 1.82) is 0 Å². The van der Waals surface area contributed by atoms with E-state index in [2.05, 4.69) is 23.7 Å². The highest BCUT2D eigenvalue weighted by molar-refractivity contribution is 7.17. The number of nitrogen functional groups attached to an aromatic ring is 1. The Labute approximate surface area is 131 Å². The lowest BCUT2D eigenvalue weighted by molar-refractivity contribution is 0.0673. The topological polar surface area (TPSA) is 62.5 Å². The quantitative estimate of drug-likeness (QED) is 0.906. The fourth-order valence-corrected chi connectivity index (χ4v) is 3.73. The SMILES string of the molecule is CCN(CC)CC1CCN(C(=O)c2sc(N)nc2C)CC1. The molecule has 2 N–H and O–H groups in total. The molecular formula is C15H26N4OS. The first-order valence-corrected chi connectivity index (χ1v) is 8.61. The molecule has 0 bridgehead atoms. The van der Waals surface area contributed by atoms with E-state index in [9.17, 15) is 4.79 Å². The molecule has 0 saturated carbocycles. The number of anilines is 1. The number of hydrogen-bond donors (Lipinski definition) is 1. The number of thiazole rings is 1. The summed E-state index contributed by atoms with van der Waals surface area (Å²) in [4.78, 5) is 21.8. The van der Waals surface area contributed by atoms with Gasteiger partial charge >= 0.3 is 0 Å². The highest BCUT2D eigenvalue weighted by Gasteiger charge is 2.26. The fraction of sp³-hybridized carbons (Fsp3) is 0.733. The number of aromatic nitrogens is 1. The zero-order chi connectivity index (χ0) is 15.4. The van der Waals surface area contributed by atoms with Crippen LogP contribution in [0.15, 0.2) is 0 Å². The summed E-state index contributed by atoms with van der Waals surface area (Å²) in [7, 11) is 0. The number of piperidine rings is 1. The summed E-state index contributed by atoms with van der Waals surface area (Å²) < 4.78 is 0. The molecule has 2 rings (SSSR count). The van der Waals surface area contributed by atoms with E-state index in [1.165, 1.54) is 11.3 Å². The van der Waals surface area contributed by atoms with Crippen LogP contribution < -0.4 is 5.73 Å². The number of carbonyl (C=O) groups excluding carboxylic acids is 1. The Bertz CT molecular complexity index is 476. The van der Waals surface area contributed by atoms with Gasteiger partial charge in [0.25, 0.3) is 5.91 Å². The van der Waals surface area contributed by atoms with Gasteiger partial charge in [0.1, 0.15) is 4.88 Å². The van der Waals surface area contributed by atoms with Crippen molar-refractivity contribution in [2.45, 2.75) is 33.6 Å². The summed E-state index contributed by atoms with van der Waals surface area (Å²) in [6.45, 7) is 11.3. The lowest BCUT2D eigenvalue weighted by Crippen LogP contribution is -2.41. The van der Waals surface area contributed by atoms with Gasteiger partial charge in [-0.25, -0.2) is 4.98 Å². The zero-order valence-electron chi connectivity index (χ0n) is 13.3. The van der Waals surface area contributed by atoms with Crippen LogP contribution in [-0.4, -0.2) is 53.4 Å². The van der Waals surface area contributed by atoms with Gasteiger partial charge in [-0.05, 0) is 38.8 Å². The van der Waals surface area contributed by atoms with Crippen molar-refractivity contribution in [3.63, 3.8) is 0 Å². The number of likely N-dealkylation sites (tertiary alicyclic amines) is 1. The van der Waals surface area contributed by atoms with Crippen molar-refractivity contribution < 1.29 is 4.79 Å². The monoisotopic (exact) mass is 310 g/mol. The minimum Gasteiger partial charge on any atom is -0.375 e. The molecule has 1 aromatic heterocycles. The van der Waals surface area contributed by atoms with Crippen LogP contribution in [0.5, 0.6) is 0 Å². The maximum Gasteiger partial charge on any atom is 0.265 e. The van der Waals surface area contributed by atoms with E-state index in [-0.39, 0.29) is 5.91 Å². The molecule has 1 fully saturated rings. The van der Waals surface area contributed by atoms with Crippen LogP contribution in [0.3, 0.4) is 0 Å². The fourth-order valence-electron chi connectivity index (χ4n) is 2.92. The molecule has 1 aliphatic heterocycles. The van der Waals surface area contributed by atoms with Crippen molar-refractivity contribution in [3.05, 3.63) is 10.6 Å². The number of amides is 1. The maximum atomic E-state index is 12.5. The Balaban J connectivity index is 1.89. The van der Waals surface area contributed by atoms with Crippen molar-refractivity contribution in [3.8, 4) is 0 Å². The van der Waals surface area contributed by atoms with Gasteiger partial charge in [-0.15, -0.1) is 0 Å². The molecule has 1 amide bonds. The molecule has 2 heterocycles. The van der Waals surface area contributed by atoms with Gasteiger partial charge in [0, 0.05) is 19.6 Å². The molecule has 0 radical (unpaired) electrons. The Morgan fingerprint density at radius 3 is 2.48 bits per heavy atom. The molecule has 1 aliphatic rings. The minimum atomic E-state index is 0.1000. The van der Waals surface area contributed by atoms with E-state index in [1.807, 2.05) is 11.8 Å². The second-order valence-electron chi connectivity index (χ2n) is 5.69. The molecule has 0 atom stereocenters. The molecule has 21 heavy (non-hydrogen) atoms.